The Labute approximate surface area is 118 Å². The van der Waals surface area contributed by atoms with Crippen LogP contribution in [-0.4, -0.2) is 43.2 Å². The van der Waals surface area contributed by atoms with E-state index in [-0.39, 0.29) is 11.8 Å². The normalized spacial score (nSPS) is 21.4. The molecule has 1 aromatic carbocycles. The van der Waals surface area contributed by atoms with Gasteiger partial charge in [0.15, 0.2) is 11.5 Å². The summed E-state index contributed by atoms with van der Waals surface area (Å²) in [7, 11) is 5.54. The van der Waals surface area contributed by atoms with E-state index in [9.17, 15) is 10.1 Å². The van der Waals surface area contributed by atoms with Crippen LogP contribution in [0.15, 0.2) is 12.1 Å². The van der Waals surface area contributed by atoms with Crippen LogP contribution in [-0.2, 0) is 0 Å². The highest BCUT2D eigenvalue weighted by Gasteiger charge is 2.35. The van der Waals surface area contributed by atoms with Gasteiger partial charge in [-0.2, -0.15) is 0 Å². The van der Waals surface area contributed by atoms with Crippen molar-refractivity contribution in [2.75, 3.05) is 21.2 Å². The van der Waals surface area contributed by atoms with Crippen LogP contribution >= 0.6 is 0 Å². The summed E-state index contributed by atoms with van der Waals surface area (Å²) in [6.45, 7) is 1.70. The van der Waals surface area contributed by atoms with Gasteiger partial charge in [0.2, 0.25) is 0 Å². The van der Waals surface area contributed by atoms with Gasteiger partial charge < -0.3 is 14.4 Å². The van der Waals surface area contributed by atoms with Crippen molar-refractivity contribution < 1.29 is 14.4 Å². The number of ether oxygens (including phenoxy) is 2. The number of nitro benzene ring substituents is 1. The summed E-state index contributed by atoms with van der Waals surface area (Å²) in [5, 5.41) is 10.9. The van der Waals surface area contributed by atoms with Gasteiger partial charge in [0.1, 0.15) is 6.10 Å². The molecule has 1 aromatic rings. The predicted molar refractivity (Wildman–Crippen MR) is 75.5 cm³/mol. The summed E-state index contributed by atoms with van der Waals surface area (Å²) in [4.78, 5) is 12.7. The summed E-state index contributed by atoms with van der Waals surface area (Å²) >= 11 is 0. The highest BCUT2D eigenvalue weighted by Crippen LogP contribution is 2.37. The maximum absolute atomic E-state index is 10.9. The van der Waals surface area contributed by atoms with Crippen LogP contribution in [0.4, 0.5) is 5.69 Å². The molecule has 1 fully saturated rings. The summed E-state index contributed by atoms with van der Waals surface area (Å²) in [5.41, 5.74) is 0.624. The second kappa shape index (κ2) is 5.66. The van der Waals surface area contributed by atoms with Gasteiger partial charge in [-0.15, -0.1) is 0 Å². The van der Waals surface area contributed by atoms with Crippen molar-refractivity contribution in [2.24, 2.45) is 0 Å². The molecule has 0 bridgehead atoms. The van der Waals surface area contributed by atoms with Gasteiger partial charge in [-0.05, 0) is 39.9 Å². The average molecular weight is 280 g/mol. The Morgan fingerprint density at radius 3 is 2.45 bits per heavy atom. The van der Waals surface area contributed by atoms with Gasteiger partial charge in [0, 0.05) is 11.6 Å². The minimum atomic E-state index is -0.409. The van der Waals surface area contributed by atoms with Crippen molar-refractivity contribution in [3.8, 4) is 11.5 Å². The van der Waals surface area contributed by atoms with E-state index >= 15 is 0 Å². The lowest BCUT2D eigenvalue weighted by molar-refractivity contribution is -0.385. The maximum Gasteiger partial charge on any atom is 0.276 e. The predicted octanol–water partition coefficient (Wildman–Crippen LogP) is 2.38. The largest absolute Gasteiger partial charge is 0.493 e. The number of nitro groups is 1. The molecule has 0 radical (unpaired) electrons. The number of nitrogens with zero attached hydrogens (tertiary/aromatic N) is 2. The smallest absolute Gasteiger partial charge is 0.276 e. The van der Waals surface area contributed by atoms with Gasteiger partial charge in [-0.3, -0.25) is 10.1 Å². The van der Waals surface area contributed by atoms with Crippen LogP contribution in [0.1, 0.15) is 18.4 Å². The maximum atomic E-state index is 10.9. The Hall–Kier alpha value is -1.82. The third-order valence-corrected chi connectivity index (χ3v) is 3.80. The van der Waals surface area contributed by atoms with E-state index in [4.69, 9.17) is 9.47 Å². The van der Waals surface area contributed by atoms with Crippen LogP contribution in [0.5, 0.6) is 11.5 Å². The van der Waals surface area contributed by atoms with E-state index < -0.39 is 4.92 Å². The highest BCUT2D eigenvalue weighted by atomic mass is 16.6. The molecule has 6 nitrogen and oxygen atoms in total. The Morgan fingerprint density at radius 1 is 1.30 bits per heavy atom. The third kappa shape index (κ3) is 2.70. The van der Waals surface area contributed by atoms with Gasteiger partial charge in [-0.25, -0.2) is 0 Å². The van der Waals surface area contributed by atoms with Crippen LogP contribution in [0.25, 0.3) is 0 Å². The first kappa shape index (κ1) is 14.6. The van der Waals surface area contributed by atoms with E-state index in [2.05, 4.69) is 4.90 Å². The molecule has 1 aliphatic carbocycles. The van der Waals surface area contributed by atoms with Crippen LogP contribution < -0.4 is 9.47 Å². The molecule has 0 unspecified atom stereocenters. The summed E-state index contributed by atoms with van der Waals surface area (Å²) in [6.07, 6.45) is 2.20. The monoisotopic (exact) mass is 280 g/mol. The van der Waals surface area contributed by atoms with Crippen LogP contribution in [0.3, 0.4) is 0 Å². The standard InChI is InChI=1S/C14H20N2O4/c1-9-7-14(13(19-4)8-11(9)16(17)18)20-12-6-5-10(12)15(2)3/h7-8,10,12H,5-6H2,1-4H3/t10-,12-/m0/s1. The molecule has 1 aliphatic rings. The average Bonchev–Trinajstić information content (AvgIpc) is 2.33. The zero-order chi connectivity index (χ0) is 14.9. The number of rotatable bonds is 5. The highest BCUT2D eigenvalue weighted by molar-refractivity contribution is 5.53. The molecular weight excluding hydrogens is 260 g/mol. The summed E-state index contributed by atoms with van der Waals surface area (Å²) in [6, 6.07) is 3.49. The number of benzene rings is 1. The minimum Gasteiger partial charge on any atom is -0.493 e. The first-order valence-corrected chi connectivity index (χ1v) is 6.60. The third-order valence-electron chi connectivity index (χ3n) is 3.80. The molecule has 2 atom stereocenters. The van der Waals surface area contributed by atoms with Crippen molar-refractivity contribution in [2.45, 2.75) is 31.9 Å². The molecule has 0 saturated heterocycles. The number of methoxy groups -OCH3 is 1. The van der Waals surface area contributed by atoms with Crippen molar-refractivity contribution in [3.05, 3.63) is 27.8 Å². The zero-order valence-electron chi connectivity index (χ0n) is 12.3. The van der Waals surface area contributed by atoms with Crippen LogP contribution in [0.2, 0.25) is 0 Å². The molecule has 2 rings (SSSR count). The topological polar surface area (TPSA) is 64.8 Å². The molecule has 0 aliphatic heterocycles. The van der Waals surface area contributed by atoms with Crippen molar-refractivity contribution in [1.82, 2.24) is 4.90 Å². The number of aryl methyl sites for hydroxylation is 1. The molecule has 0 aromatic heterocycles. The first-order chi connectivity index (χ1) is 9.43. The molecular formula is C14H20N2O4. The van der Waals surface area contributed by atoms with E-state index in [1.54, 1.807) is 13.0 Å². The molecule has 0 amide bonds. The van der Waals surface area contributed by atoms with E-state index in [0.717, 1.165) is 12.8 Å². The lowest BCUT2D eigenvalue weighted by atomic mass is 9.88. The van der Waals surface area contributed by atoms with E-state index in [1.165, 1.54) is 13.2 Å². The molecule has 1 saturated carbocycles. The van der Waals surface area contributed by atoms with Gasteiger partial charge in [-0.1, -0.05) is 0 Å². The molecule has 0 heterocycles. The molecule has 110 valence electrons. The van der Waals surface area contributed by atoms with Gasteiger partial charge in [0.25, 0.3) is 5.69 Å². The summed E-state index contributed by atoms with van der Waals surface area (Å²) in [5.74, 6) is 0.985. The lowest BCUT2D eigenvalue weighted by Crippen LogP contribution is -2.50. The fourth-order valence-corrected chi connectivity index (χ4v) is 2.44. The van der Waals surface area contributed by atoms with Crippen molar-refractivity contribution >= 4 is 5.69 Å². The van der Waals surface area contributed by atoms with Crippen molar-refractivity contribution in [1.29, 1.82) is 0 Å². The molecule has 0 N–H and O–H groups in total. The second-order valence-electron chi connectivity index (χ2n) is 5.31. The minimum absolute atomic E-state index is 0.0481. The van der Waals surface area contributed by atoms with Gasteiger partial charge >= 0.3 is 0 Å². The SMILES string of the molecule is COc1cc([N+](=O)[O-])c(C)cc1O[C@H]1CC[C@@H]1N(C)C. The Morgan fingerprint density at radius 2 is 2.00 bits per heavy atom. The molecule has 0 spiro atoms. The summed E-state index contributed by atoms with van der Waals surface area (Å²) < 4.78 is 11.2. The second-order valence-corrected chi connectivity index (χ2v) is 5.31. The first-order valence-electron chi connectivity index (χ1n) is 6.60. The number of hydrogen-bond donors (Lipinski definition) is 0. The molecule has 6 heteroatoms. The quantitative estimate of drug-likeness (QED) is 0.612. The van der Waals surface area contributed by atoms with Crippen molar-refractivity contribution in [3.63, 3.8) is 0 Å². The fourth-order valence-electron chi connectivity index (χ4n) is 2.44. The van der Waals surface area contributed by atoms with Gasteiger partial charge in [0.05, 0.1) is 18.1 Å². The fraction of sp³-hybridized carbons (Fsp3) is 0.571. The zero-order valence-corrected chi connectivity index (χ0v) is 12.3. The van der Waals surface area contributed by atoms with Crippen LogP contribution in [0, 0.1) is 17.0 Å². The van der Waals surface area contributed by atoms with E-state index in [1.807, 2.05) is 14.1 Å². The Bertz CT molecular complexity index is 516. The molecule has 20 heavy (non-hydrogen) atoms. The van der Waals surface area contributed by atoms with E-state index in [0.29, 0.717) is 23.1 Å². The Kier molecular flexibility index (Phi) is 4.13. The lowest BCUT2D eigenvalue weighted by Gasteiger charge is -2.40. The number of likely N-dealkylation sites (N-methyl/N-ethyl adjacent to an activating group) is 1. The Balaban J connectivity index is 2.23. The number of hydrogen-bond acceptors (Lipinski definition) is 5.